The highest BCUT2D eigenvalue weighted by Crippen LogP contribution is 2.12. The number of sulfonamides is 1. The van der Waals surface area contributed by atoms with Crippen LogP contribution in [0.25, 0.3) is 0 Å². The molecule has 1 aliphatic rings. The van der Waals surface area contributed by atoms with Crippen LogP contribution >= 0.6 is 24.0 Å². The van der Waals surface area contributed by atoms with E-state index in [1.807, 2.05) is 38.1 Å². The Balaban J connectivity index is 0.00000264. The molecule has 23 heavy (non-hydrogen) atoms. The van der Waals surface area contributed by atoms with Gasteiger partial charge in [-0.1, -0.05) is 24.3 Å². The molecule has 0 saturated carbocycles. The molecule has 1 aromatic rings. The standard InChI is InChI=1S/C15H24N4O2S.HI/c1-11(2)19-22(20,21)10-14-7-5-4-6-13(14)9-17-15-16-8-12(3)18-15;/h4-7,11-12,19H,8-10H2,1-3H3,(H2,16,17,18);1H. The van der Waals surface area contributed by atoms with Crippen molar-refractivity contribution in [2.75, 3.05) is 6.54 Å². The van der Waals surface area contributed by atoms with Crippen LogP contribution in [0.15, 0.2) is 29.3 Å². The summed E-state index contributed by atoms with van der Waals surface area (Å²) in [4.78, 5) is 4.34. The van der Waals surface area contributed by atoms with Crippen LogP contribution in [0.2, 0.25) is 0 Å². The fourth-order valence-electron chi connectivity index (χ4n) is 2.32. The van der Waals surface area contributed by atoms with E-state index in [1.165, 1.54) is 0 Å². The zero-order chi connectivity index (χ0) is 16.2. The first-order valence-corrected chi connectivity index (χ1v) is 9.12. The van der Waals surface area contributed by atoms with Gasteiger partial charge in [-0.15, -0.1) is 24.0 Å². The molecule has 2 rings (SSSR count). The number of hydrogen-bond acceptors (Lipinski definition) is 5. The first-order chi connectivity index (χ1) is 10.4. The van der Waals surface area contributed by atoms with Crippen molar-refractivity contribution >= 4 is 40.0 Å². The van der Waals surface area contributed by atoms with E-state index in [2.05, 4.69) is 27.3 Å². The van der Waals surface area contributed by atoms with Gasteiger partial charge in [0.05, 0.1) is 12.3 Å². The molecule has 3 N–H and O–H groups in total. The van der Waals surface area contributed by atoms with Crippen molar-refractivity contribution in [3.63, 3.8) is 0 Å². The molecule has 1 aromatic carbocycles. The summed E-state index contributed by atoms with van der Waals surface area (Å²) in [5.41, 5.74) is 1.76. The molecule has 1 unspecified atom stereocenters. The monoisotopic (exact) mass is 452 g/mol. The molecule has 0 bridgehead atoms. The average Bonchev–Trinajstić information content (AvgIpc) is 2.81. The van der Waals surface area contributed by atoms with Crippen molar-refractivity contribution in [2.24, 2.45) is 4.99 Å². The van der Waals surface area contributed by atoms with Crippen LogP contribution in [0.3, 0.4) is 0 Å². The molecule has 0 radical (unpaired) electrons. The van der Waals surface area contributed by atoms with Crippen molar-refractivity contribution in [1.82, 2.24) is 15.4 Å². The lowest BCUT2D eigenvalue weighted by atomic mass is 10.1. The molecule has 1 aliphatic heterocycles. The quantitative estimate of drug-likeness (QED) is 0.573. The lowest BCUT2D eigenvalue weighted by molar-refractivity contribution is 0.568. The smallest absolute Gasteiger partial charge is 0.216 e. The summed E-state index contributed by atoms with van der Waals surface area (Å²) in [7, 11) is -3.33. The fraction of sp³-hybridized carbons (Fsp3) is 0.533. The van der Waals surface area contributed by atoms with Gasteiger partial charge in [0.25, 0.3) is 0 Å². The SMILES string of the molecule is CC(C)NS(=O)(=O)Cc1ccccc1CNC1=NCC(C)N1.I. The molecular weight excluding hydrogens is 427 g/mol. The van der Waals surface area contributed by atoms with Crippen LogP contribution in [0.1, 0.15) is 31.9 Å². The largest absolute Gasteiger partial charge is 0.352 e. The predicted octanol–water partition coefficient (Wildman–Crippen LogP) is 1.57. The van der Waals surface area contributed by atoms with Crippen molar-refractivity contribution < 1.29 is 8.42 Å². The molecule has 6 nitrogen and oxygen atoms in total. The highest BCUT2D eigenvalue weighted by atomic mass is 127. The summed E-state index contributed by atoms with van der Waals surface area (Å²) < 4.78 is 26.8. The Bertz CT molecular complexity index is 647. The Kier molecular flexibility index (Phi) is 7.75. The minimum absolute atomic E-state index is 0. The van der Waals surface area contributed by atoms with E-state index < -0.39 is 10.0 Å². The van der Waals surface area contributed by atoms with Crippen LogP contribution < -0.4 is 15.4 Å². The van der Waals surface area contributed by atoms with Gasteiger partial charge in [0, 0.05) is 18.6 Å². The first-order valence-electron chi connectivity index (χ1n) is 7.47. The van der Waals surface area contributed by atoms with Gasteiger partial charge in [0.15, 0.2) is 5.96 Å². The molecular formula is C15H25IN4O2S. The summed E-state index contributed by atoms with van der Waals surface area (Å²) >= 11 is 0. The highest BCUT2D eigenvalue weighted by molar-refractivity contribution is 14.0. The Morgan fingerprint density at radius 1 is 1.30 bits per heavy atom. The number of halogens is 1. The molecule has 0 aromatic heterocycles. The predicted molar refractivity (Wildman–Crippen MR) is 104 cm³/mol. The van der Waals surface area contributed by atoms with Crippen molar-refractivity contribution in [2.45, 2.75) is 45.2 Å². The number of aliphatic imine (C=N–C) groups is 1. The zero-order valence-electron chi connectivity index (χ0n) is 13.7. The molecule has 0 saturated heterocycles. The van der Waals surface area contributed by atoms with E-state index in [0.717, 1.165) is 23.6 Å². The first kappa shape index (κ1) is 20.2. The number of hydrogen-bond donors (Lipinski definition) is 3. The Labute approximate surface area is 155 Å². The summed E-state index contributed by atoms with van der Waals surface area (Å²) in [6.45, 7) is 7.01. The molecule has 1 heterocycles. The molecule has 1 atom stereocenters. The van der Waals surface area contributed by atoms with Gasteiger partial charge in [0.1, 0.15) is 0 Å². The van der Waals surface area contributed by atoms with Gasteiger partial charge in [-0.3, -0.25) is 4.99 Å². The molecule has 0 spiro atoms. The minimum Gasteiger partial charge on any atom is -0.352 e. The van der Waals surface area contributed by atoms with E-state index in [0.29, 0.717) is 12.6 Å². The summed E-state index contributed by atoms with van der Waals surface area (Å²) in [6, 6.07) is 7.80. The molecule has 0 fully saturated rings. The van der Waals surface area contributed by atoms with Gasteiger partial charge in [-0.05, 0) is 31.9 Å². The topological polar surface area (TPSA) is 82.6 Å². The maximum absolute atomic E-state index is 12.1. The Hall–Kier alpha value is -0.870. The fourth-order valence-corrected chi connectivity index (χ4v) is 3.81. The third-order valence-electron chi connectivity index (χ3n) is 3.23. The lowest BCUT2D eigenvalue weighted by Crippen LogP contribution is -2.37. The van der Waals surface area contributed by atoms with E-state index in [9.17, 15) is 8.42 Å². The number of rotatable bonds is 6. The molecule has 0 aliphatic carbocycles. The van der Waals surface area contributed by atoms with Crippen LogP contribution in [-0.2, 0) is 22.3 Å². The maximum atomic E-state index is 12.1. The number of nitrogens with zero attached hydrogens (tertiary/aromatic N) is 1. The van der Waals surface area contributed by atoms with Gasteiger partial charge in [-0.2, -0.15) is 0 Å². The van der Waals surface area contributed by atoms with Gasteiger partial charge < -0.3 is 10.6 Å². The van der Waals surface area contributed by atoms with Crippen LogP contribution in [-0.4, -0.2) is 33.0 Å². The van der Waals surface area contributed by atoms with Crippen molar-refractivity contribution in [3.05, 3.63) is 35.4 Å². The van der Waals surface area contributed by atoms with E-state index in [4.69, 9.17) is 0 Å². The molecule has 8 heteroatoms. The second-order valence-electron chi connectivity index (χ2n) is 5.89. The van der Waals surface area contributed by atoms with Crippen LogP contribution in [0, 0.1) is 0 Å². The number of guanidine groups is 1. The second-order valence-corrected chi connectivity index (χ2v) is 7.64. The normalized spacial score (nSPS) is 17.4. The minimum atomic E-state index is -3.33. The van der Waals surface area contributed by atoms with Gasteiger partial charge in [0.2, 0.25) is 10.0 Å². The molecule has 130 valence electrons. The summed E-state index contributed by atoms with van der Waals surface area (Å²) in [5, 5.41) is 6.45. The van der Waals surface area contributed by atoms with Gasteiger partial charge in [-0.25, -0.2) is 13.1 Å². The van der Waals surface area contributed by atoms with E-state index >= 15 is 0 Å². The second kappa shape index (κ2) is 8.84. The van der Waals surface area contributed by atoms with Crippen molar-refractivity contribution in [1.29, 1.82) is 0 Å². The molecule has 0 amide bonds. The highest BCUT2D eigenvalue weighted by Gasteiger charge is 2.16. The third-order valence-corrected chi connectivity index (χ3v) is 4.75. The number of nitrogens with one attached hydrogen (secondary N) is 3. The lowest BCUT2D eigenvalue weighted by Gasteiger charge is -2.14. The number of benzene rings is 1. The summed E-state index contributed by atoms with van der Waals surface area (Å²) in [5.74, 6) is 0.754. The average molecular weight is 452 g/mol. The Morgan fingerprint density at radius 2 is 1.96 bits per heavy atom. The van der Waals surface area contributed by atoms with E-state index in [-0.39, 0.29) is 35.8 Å². The maximum Gasteiger partial charge on any atom is 0.216 e. The third kappa shape index (κ3) is 6.64. The zero-order valence-corrected chi connectivity index (χ0v) is 16.8. The van der Waals surface area contributed by atoms with Crippen LogP contribution in [0.5, 0.6) is 0 Å². The van der Waals surface area contributed by atoms with Gasteiger partial charge >= 0.3 is 0 Å². The van der Waals surface area contributed by atoms with Crippen molar-refractivity contribution in [3.8, 4) is 0 Å². The summed E-state index contributed by atoms with van der Waals surface area (Å²) in [6.07, 6.45) is 0. The Morgan fingerprint density at radius 3 is 2.52 bits per heavy atom. The van der Waals surface area contributed by atoms with Crippen LogP contribution in [0.4, 0.5) is 0 Å². The van der Waals surface area contributed by atoms with E-state index in [1.54, 1.807) is 0 Å².